The van der Waals surface area contributed by atoms with E-state index in [1.54, 1.807) is 24.4 Å². The molecule has 0 fully saturated rings. The van der Waals surface area contributed by atoms with Crippen molar-refractivity contribution < 1.29 is 17.6 Å². The summed E-state index contributed by atoms with van der Waals surface area (Å²) >= 11 is 0. The molecule has 10 heteroatoms. The summed E-state index contributed by atoms with van der Waals surface area (Å²) in [4.78, 5) is 16.8. The van der Waals surface area contributed by atoms with Gasteiger partial charge in [0, 0.05) is 24.8 Å². The molecule has 9 nitrogen and oxygen atoms in total. The van der Waals surface area contributed by atoms with Crippen LogP contribution in [-0.4, -0.2) is 46.9 Å². The van der Waals surface area contributed by atoms with Gasteiger partial charge in [0.15, 0.2) is 0 Å². The summed E-state index contributed by atoms with van der Waals surface area (Å²) in [6.07, 6.45) is 5.02. The Morgan fingerprint density at radius 3 is 2.28 bits per heavy atom. The lowest BCUT2D eigenvalue weighted by molar-refractivity contribution is 0.102. The highest BCUT2D eigenvalue weighted by atomic mass is 32.2. The van der Waals surface area contributed by atoms with Crippen molar-refractivity contribution in [2.24, 2.45) is 0 Å². The van der Waals surface area contributed by atoms with Crippen molar-refractivity contribution in [2.45, 2.75) is 44.4 Å². The summed E-state index contributed by atoms with van der Waals surface area (Å²) in [5.41, 5.74) is 0.765. The predicted molar refractivity (Wildman–Crippen MR) is 120 cm³/mol. The SMILES string of the molecule is CCCCN(CCCC)S(=O)(=O)c1ccc(C(=O)Nc2nnc(-c3ccccn3)o2)cc1. The van der Waals surface area contributed by atoms with Gasteiger partial charge in [-0.05, 0) is 49.2 Å². The molecule has 2 aromatic heterocycles. The Bertz CT molecular complexity index is 1110. The third-order valence-corrected chi connectivity index (χ3v) is 6.72. The van der Waals surface area contributed by atoms with Crippen LogP contribution < -0.4 is 5.32 Å². The zero-order valence-electron chi connectivity index (χ0n) is 18.2. The van der Waals surface area contributed by atoms with Crippen LogP contribution in [0.1, 0.15) is 49.9 Å². The van der Waals surface area contributed by atoms with E-state index in [1.807, 2.05) is 13.8 Å². The lowest BCUT2D eigenvalue weighted by Gasteiger charge is -2.22. The second kappa shape index (κ2) is 11.0. The molecule has 32 heavy (non-hydrogen) atoms. The van der Waals surface area contributed by atoms with Crippen LogP contribution >= 0.6 is 0 Å². The van der Waals surface area contributed by atoms with Crippen molar-refractivity contribution in [2.75, 3.05) is 18.4 Å². The Kier molecular flexibility index (Phi) is 8.07. The number of sulfonamides is 1. The topological polar surface area (TPSA) is 118 Å². The predicted octanol–water partition coefficient (Wildman–Crippen LogP) is 3.97. The summed E-state index contributed by atoms with van der Waals surface area (Å²) in [5, 5.41) is 10.2. The number of rotatable bonds is 11. The molecule has 3 aromatic rings. The minimum atomic E-state index is -3.62. The quantitative estimate of drug-likeness (QED) is 0.463. The Morgan fingerprint density at radius 2 is 1.69 bits per heavy atom. The number of unbranched alkanes of at least 4 members (excludes halogenated alkanes) is 2. The third kappa shape index (κ3) is 5.77. The maximum atomic E-state index is 13.0. The maximum Gasteiger partial charge on any atom is 0.322 e. The molecule has 0 radical (unpaired) electrons. The molecule has 0 spiro atoms. The van der Waals surface area contributed by atoms with E-state index >= 15 is 0 Å². The molecule has 1 aromatic carbocycles. The molecular weight excluding hydrogens is 430 g/mol. The van der Waals surface area contributed by atoms with Gasteiger partial charge >= 0.3 is 6.01 Å². The fraction of sp³-hybridized carbons (Fsp3) is 0.364. The molecule has 0 saturated heterocycles. The van der Waals surface area contributed by atoms with Crippen LogP contribution in [0.3, 0.4) is 0 Å². The van der Waals surface area contributed by atoms with Crippen LogP contribution in [0.2, 0.25) is 0 Å². The number of amides is 1. The minimum absolute atomic E-state index is 0.0716. The highest BCUT2D eigenvalue weighted by molar-refractivity contribution is 7.89. The van der Waals surface area contributed by atoms with E-state index in [1.165, 1.54) is 28.6 Å². The van der Waals surface area contributed by atoms with Gasteiger partial charge in [-0.25, -0.2) is 8.42 Å². The monoisotopic (exact) mass is 457 g/mol. The normalized spacial score (nSPS) is 11.6. The summed E-state index contributed by atoms with van der Waals surface area (Å²) in [6.45, 7) is 5.02. The van der Waals surface area contributed by atoms with E-state index in [4.69, 9.17) is 4.42 Å². The first-order valence-corrected chi connectivity index (χ1v) is 12.1. The van der Waals surface area contributed by atoms with Crippen LogP contribution in [0.4, 0.5) is 6.01 Å². The number of aromatic nitrogens is 3. The lowest BCUT2D eigenvalue weighted by atomic mass is 10.2. The van der Waals surface area contributed by atoms with E-state index in [0.29, 0.717) is 18.8 Å². The van der Waals surface area contributed by atoms with Crippen LogP contribution in [0, 0.1) is 0 Å². The maximum absolute atomic E-state index is 13.0. The lowest BCUT2D eigenvalue weighted by Crippen LogP contribution is -2.33. The highest BCUT2D eigenvalue weighted by Gasteiger charge is 2.24. The third-order valence-electron chi connectivity index (χ3n) is 4.81. The average molecular weight is 458 g/mol. The summed E-state index contributed by atoms with van der Waals surface area (Å²) in [7, 11) is -3.62. The van der Waals surface area contributed by atoms with E-state index in [-0.39, 0.29) is 22.4 Å². The molecule has 0 aliphatic heterocycles. The van der Waals surface area contributed by atoms with Crippen molar-refractivity contribution in [3.63, 3.8) is 0 Å². The van der Waals surface area contributed by atoms with Gasteiger partial charge in [-0.15, -0.1) is 5.10 Å². The first-order chi connectivity index (χ1) is 15.5. The largest absolute Gasteiger partial charge is 0.401 e. The first-order valence-electron chi connectivity index (χ1n) is 10.6. The zero-order valence-corrected chi connectivity index (χ0v) is 19.0. The number of nitrogens with zero attached hydrogens (tertiary/aromatic N) is 4. The van der Waals surface area contributed by atoms with Gasteiger partial charge in [0.2, 0.25) is 10.0 Å². The average Bonchev–Trinajstić information content (AvgIpc) is 3.28. The Labute approximate surface area is 187 Å². The molecule has 0 aliphatic rings. The van der Waals surface area contributed by atoms with E-state index in [9.17, 15) is 13.2 Å². The minimum Gasteiger partial charge on any atom is -0.401 e. The molecule has 170 valence electrons. The van der Waals surface area contributed by atoms with Gasteiger partial charge in [0.1, 0.15) is 5.69 Å². The summed E-state index contributed by atoms with van der Waals surface area (Å²) in [5.74, 6) is -0.305. The first kappa shape index (κ1) is 23.6. The number of hydrogen-bond acceptors (Lipinski definition) is 7. The van der Waals surface area contributed by atoms with Crippen molar-refractivity contribution in [1.82, 2.24) is 19.5 Å². The summed E-state index contributed by atoms with van der Waals surface area (Å²) < 4.78 is 33.0. The Morgan fingerprint density at radius 1 is 1.00 bits per heavy atom. The van der Waals surface area contributed by atoms with Crippen LogP contribution in [0.15, 0.2) is 58.0 Å². The molecule has 0 atom stereocenters. The van der Waals surface area contributed by atoms with Crippen molar-refractivity contribution >= 4 is 21.9 Å². The van der Waals surface area contributed by atoms with Gasteiger partial charge in [-0.1, -0.05) is 37.9 Å². The van der Waals surface area contributed by atoms with E-state index in [0.717, 1.165) is 25.7 Å². The van der Waals surface area contributed by atoms with Gasteiger partial charge in [-0.2, -0.15) is 4.31 Å². The van der Waals surface area contributed by atoms with Gasteiger partial charge in [-0.3, -0.25) is 15.1 Å². The van der Waals surface area contributed by atoms with Crippen LogP contribution in [-0.2, 0) is 10.0 Å². The molecule has 0 saturated carbocycles. The Hall–Kier alpha value is -3.11. The van der Waals surface area contributed by atoms with E-state index < -0.39 is 15.9 Å². The highest BCUT2D eigenvalue weighted by Crippen LogP contribution is 2.20. The molecule has 2 heterocycles. The number of carbonyl (C=O) groups is 1. The fourth-order valence-corrected chi connectivity index (χ4v) is 4.50. The van der Waals surface area contributed by atoms with Gasteiger partial charge in [0.25, 0.3) is 11.8 Å². The second-order valence-corrected chi connectivity index (χ2v) is 9.15. The van der Waals surface area contributed by atoms with Crippen molar-refractivity contribution in [3.05, 3.63) is 54.2 Å². The smallest absolute Gasteiger partial charge is 0.322 e. The molecule has 1 amide bonds. The number of benzene rings is 1. The molecule has 0 unspecified atom stereocenters. The molecule has 1 N–H and O–H groups in total. The summed E-state index contributed by atoms with van der Waals surface area (Å²) in [6, 6.07) is 11.0. The number of anilines is 1. The number of pyridine rings is 1. The second-order valence-electron chi connectivity index (χ2n) is 7.22. The van der Waals surface area contributed by atoms with Crippen LogP contribution in [0.25, 0.3) is 11.6 Å². The molecule has 3 rings (SSSR count). The Balaban J connectivity index is 1.70. The number of nitrogens with one attached hydrogen (secondary N) is 1. The van der Waals surface area contributed by atoms with Gasteiger partial charge < -0.3 is 4.42 Å². The molecule has 0 aliphatic carbocycles. The van der Waals surface area contributed by atoms with Gasteiger partial charge in [0.05, 0.1) is 4.90 Å². The number of hydrogen-bond donors (Lipinski definition) is 1. The molecule has 0 bridgehead atoms. The standard InChI is InChI=1S/C22H27N5O4S/c1-3-5-15-27(16-6-4-2)32(29,30)18-12-10-17(11-13-18)20(28)24-22-26-25-21(31-22)19-9-7-8-14-23-19/h7-14H,3-6,15-16H2,1-2H3,(H,24,26,28). The number of carbonyl (C=O) groups excluding carboxylic acids is 1. The van der Waals surface area contributed by atoms with Crippen molar-refractivity contribution in [3.8, 4) is 11.6 Å². The van der Waals surface area contributed by atoms with Crippen LogP contribution in [0.5, 0.6) is 0 Å². The molecular formula is C22H27N5O4S. The van der Waals surface area contributed by atoms with Crippen molar-refractivity contribution in [1.29, 1.82) is 0 Å². The van der Waals surface area contributed by atoms with E-state index in [2.05, 4.69) is 20.5 Å². The zero-order chi connectivity index (χ0) is 23.0. The fourth-order valence-electron chi connectivity index (χ4n) is 2.98.